The van der Waals surface area contributed by atoms with E-state index in [0.29, 0.717) is 5.75 Å². The Kier molecular flexibility index (Phi) is 11.0. The van der Waals surface area contributed by atoms with E-state index in [-0.39, 0.29) is 34.5 Å². The number of hydrogen-bond donors (Lipinski definition) is 0. The van der Waals surface area contributed by atoms with Crippen molar-refractivity contribution in [2.45, 2.75) is 59.3 Å². The lowest BCUT2D eigenvalue weighted by atomic mass is 10.2. The molecule has 0 radical (unpaired) electrons. The van der Waals surface area contributed by atoms with Gasteiger partial charge in [0, 0.05) is 19.7 Å². The van der Waals surface area contributed by atoms with Crippen molar-refractivity contribution in [1.29, 1.82) is 0 Å². The van der Waals surface area contributed by atoms with Gasteiger partial charge in [0.05, 0.1) is 27.0 Å². The number of aliphatic imine (C=N–C) groups is 1. The molecule has 2 aromatic carbocycles. The van der Waals surface area contributed by atoms with Crippen LogP contribution in [-0.2, 0) is 16.0 Å². The summed E-state index contributed by atoms with van der Waals surface area (Å²) in [5.41, 5.74) is -1.90. The van der Waals surface area contributed by atoms with Gasteiger partial charge >= 0.3 is 39.4 Å². The number of carbonyl (C=O) groups excluding carboxylic acids is 3. The second-order valence-electron chi connectivity index (χ2n) is 12.0. The minimum absolute atomic E-state index is 0.0212. The normalized spacial score (nSPS) is 14.5. The molecule has 0 spiro atoms. The predicted molar refractivity (Wildman–Crippen MR) is 155 cm³/mol. The van der Waals surface area contributed by atoms with Crippen molar-refractivity contribution in [3.05, 3.63) is 60.7 Å². The molecular formula is C30H39F2IN5O6+. The predicted octanol–water partition coefficient (Wildman–Crippen LogP) is 2.34. The Hall–Kier alpha value is -3.69. The first-order chi connectivity index (χ1) is 20.4. The maximum atomic E-state index is 16.1. The SMILES string of the molecule is COc1ccc([I+]c2c(F)ccc(CN(C(=O)OC(C)(C)C)/C(=N\C(=O)OC(C)(C)C)N3CN(C)C(=O)N(C)C3)c2F)cc1. The van der Waals surface area contributed by atoms with Crippen LogP contribution >= 0.6 is 0 Å². The second-order valence-corrected chi connectivity index (χ2v) is 14.9. The van der Waals surface area contributed by atoms with Crippen molar-refractivity contribution in [3.63, 3.8) is 0 Å². The fraction of sp³-hybridized carbons (Fsp3) is 0.467. The number of methoxy groups -OCH3 is 1. The summed E-state index contributed by atoms with van der Waals surface area (Å²) < 4.78 is 48.0. The Bertz CT molecular complexity index is 1390. The third-order valence-corrected chi connectivity index (χ3v) is 8.71. The first kappa shape index (κ1) is 34.8. The fourth-order valence-corrected chi connectivity index (χ4v) is 6.35. The van der Waals surface area contributed by atoms with E-state index in [4.69, 9.17) is 14.2 Å². The number of rotatable bonds is 5. The molecule has 0 atom stereocenters. The summed E-state index contributed by atoms with van der Waals surface area (Å²) in [6.07, 6.45) is -1.94. The lowest BCUT2D eigenvalue weighted by Crippen LogP contribution is -3.62. The Labute approximate surface area is 267 Å². The quantitative estimate of drug-likeness (QED) is 0.202. The molecule has 0 N–H and O–H groups in total. The van der Waals surface area contributed by atoms with Crippen molar-refractivity contribution in [3.8, 4) is 5.75 Å². The van der Waals surface area contributed by atoms with Crippen LogP contribution < -0.4 is 25.9 Å². The van der Waals surface area contributed by atoms with Gasteiger partial charge in [-0.25, -0.2) is 28.1 Å². The van der Waals surface area contributed by atoms with E-state index in [1.807, 2.05) is 0 Å². The van der Waals surface area contributed by atoms with Crippen molar-refractivity contribution < 1.29 is 58.6 Å². The molecule has 11 nitrogen and oxygen atoms in total. The first-order valence-corrected chi connectivity index (χ1v) is 15.8. The molecule has 14 heteroatoms. The van der Waals surface area contributed by atoms with Gasteiger partial charge in [0.2, 0.25) is 5.96 Å². The highest BCUT2D eigenvalue weighted by Crippen LogP contribution is 2.20. The summed E-state index contributed by atoms with van der Waals surface area (Å²) in [4.78, 5) is 48.5. The van der Waals surface area contributed by atoms with Gasteiger partial charge in [-0.2, -0.15) is 0 Å². The monoisotopic (exact) mass is 730 g/mol. The van der Waals surface area contributed by atoms with Crippen LogP contribution in [0.25, 0.3) is 0 Å². The molecule has 1 saturated heterocycles. The van der Waals surface area contributed by atoms with Crippen LogP contribution in [-0.4, -0.2) is 89.5 Å². The van der Waals surface area contributed by atoms with Gasteiger partial charge in [-0.15, -0.1) is 4.99 Å². The van der Waals surface area contributed by atoms with Crippen molar-refractivity contribution in [2.75, 3.05) is 34.5 Å². The second kappa shape index (κ2) is 13.9. The van der Waals surface area contributed by atoms with Gasteiger partial charge in [-0.05, 0) is 71.9 Å². The van der Waals surface area contributed by atoms with Crippen LogP contribution in [0.5, 0.6) is 5.75 Å². The molecule has 0 bridgehead atoms. The number of urea groups is 1. The minimum atomic E-state index is -1.30. The first-order valence-electron chi connectivity index (χ1n) is 13.7. The third-order valence-electron chi connectivity index (χ3n) is 5.84. The summed E-state index contributed by atoms with van der Waals surface area (Å²) in [5.74, 6) is -1.14. The van der Waals surface area contributed by atoms with Crippen LogP contribution in [0.15, 0.2) is 41.4 Å². The Balaban J connectivity index is 2.11. The van der Waals surface area contributed by atoms with Crippen LogP contribution in [0.3, 0.4) is 0 Å². The number of carbonyl (C=O) groups is 3. The van der Waals surface area contributed by atoms with Gasteiger partial charge < -0.3 is 28.9 Å². The molecule has 44 heavy (non-hydrogen) atoms. The van der Waals surface area contributed by atoms with E-state index in [1.54, 1.807) is 79.9 Å². The third kappa shape index (κ3) is 9.40. The highest BCUT2D eigenvalue weighted by Gasteiger charge is 2.37. The molecule has 1 aliphatic rings. The molecular weight excluding hydrogens is 691 g/mol. The maximum absolute atomic E-state index is 16.1. The highest BCUT2D eigenvalue weighted by molar-refractivity contribution is 5.99. The summed E-state index contributed by atoms with van der Waals surface area (Å²) in [7, 11) is 4.62. The van der Waals surface area contributed by atoms with Crippen LogP contribution in [0.1, 0.15) is 47.1 Å². The zero-order chi connectivity index (χ0) is 33.0. The van der Waals surface area contributed by atoms with E-state index in [9.17, 15) is 14.4 Å². The van der Waals surface area contributed by atoms with Crippen LogP contribution in [0.2, 0.25) is 0 Å². The fourth-order valence-electron chi connectivity index (χ4n) is 3.99. The largest absolute Gasteiger partial charge is 0.497 e. The average molecular weight is 731 g/mol. The lowest BCUT2D eigenvalue weighted by molar-refractivity contribution is -0.603. The zero-order valence-electron chi connectivity index (χ0n) is 26.4. The molecule has 1 aliphatic heterocycles. The molecule has 1 heterocycles. The zero-order valence-corrected chi connectivity index (χ0v) is 28.6. The van der Waals surface area contributed by atoms with Crippen molar-refractivity contribution in [1.82, 2.24) is 19.6 Å². The maximum Gasteiger partial charge on any atom is 0.437 e. The average Bonchev–Trinajstić information content (AvgIpc) is 2.90. The number of guanidine groups is 1. The molecule has 1 fully saturated rings. The number of halogens is 3. The Morgan fingerprint density at radius 3 is 2.02 bits per heavy atom. The van der Waals surface area contributed by atoms with Crippen molar-refractivity contribution >= 4 is 24.2 Å². The minimum Gasteiger partial charge on any atom is -0.497 e. The van der Waals surface area contributed by atoms with E-state index >= 15 is 8.78 Å². The summed E-state index contributed by atoms with van der Waals surface area (Å²) in [5, 5.41) is 0. The van der Waals surface area contributed by atoms with Crippen molar-refractivity contribution in [2.24, 2.45) is 4.99 Å². The summed E-state index contributed by atoms with van der Waals surface area (Å²) in [6.45, 7) is 9.39. The summed E-state index contributed by atoms with van der Waals surface area (Å²) in [6, 6.07) is 9.04. The standard InChI is InChI=1S/C30H39F2IN5O6/c1-29(2,3)43-26(39)34-25(37-17-35(7)27(40)36(8)18-37)38(28(41)44-30(4,5)6)16-19-10-15-22(31)24(23(19)32)33-20-11-13-21(42-9)14-12-20/h10-15H,16-18H2,1-9H3/q+1/b34-25-. The molecule has 2 aromatic rings. The number of nitrogens with zero attached hydrogens (tertiary/aromatic N) is 5. The van der Waals surface area contributed by atoms with Gasteiger partial charge in [0.15, 0.2) is 15.2 Å². The number of ether oxygens (including phenoxy) is 3. The van der Waals surface area contributed by atoms with E-state index < -0.39 is 62.8 Å². The molecule has 4 amide bonds. The molecule has 3 rings (SSSR count). The highest BCUT2D eigenvalue weighted by atomic mass is 127. The Morgan fingerprint density at radius 2 is 1.50 bits per heavy atom. The molecule has 0 saturated carbocycles. The topological polar surface area (TPSA) is 104 Å². The van der Waals surface area contributed by atoms with E-state index in [1.165, 1.54) is 27.9 Å². The molecule has 0 aromatic heterocycles. The summed E-state index contributed by atoms with van der Waals surface area (Å²) >= 11 is -1.30. The lowest BCUT2D eigenvalue weighted by Gasteiger charge is -2.42. The van der Waals surface area contributed by atoms with E-state index in [0.717, 1.165) is 14.5 Å². The Morgan fingerprint density at radius 1 is 0.932 bits per heavy atom. The smallest absolute Gasteiger partial charge is 0.437 e. The van der Waals surface area contributed by atoms with E-state index in [2.05, 4.69) is 4.99 Å². The molecule has 240 valence electrons. The molecule has 0 unspecified atom stereocenters. The van der Waals surface area contributed by atoms with Gasteiger partial charge in [-0.1, -0.05) is 6.07 Å². The number of benzene rings is 2. The van der Waals surface area contributed by atoms with Gasteiger partial charge in [0.1, 0.15) is 17.0 Å². The molecule has 0 aliphatic carbocycles. The number of hydrogen-bond acceptors (Lipinski definition) is 6. The van der Waals surface area contributed by atoms with Crippen LogP contribution in [0.4, 0.5) is 23.2 Å². The van der Waals surface area contributed by atoms with Crippen LogP contribution in [0, 0.1) is 18.8 Å². The van der Waals surface area contributed by atoms with Gasteiger partial charge in [-0.3, -0.25) is 0 Å². The van der Waals surface area contributed by atoms with Gasteiger partial charge in [0.25, 0.3) is 3.57 Å². The number of amides is 4.